The summed E-state index contributed by atoms with van der Waals surface area (Å²) in [7, 11) is 3.61. The molecule has 2 unspecified atom stereocenters. The number of hydrogen-bond donors (Lipinski definition) is 1. The summed E-state index contributed by atoms with van der Waals surface area (Å²) in [5.74, 6) is -0.0147. The summed E-state index contributed by atoms with van der Waals surface area (Å²) in [4.78, 5) is 34.4. The van der Waals surface area contributed by atoms with E-state index in [-0.39, 0.29) is 18.2 Å². The van der Waals surface area contributed by atoms with Crippen LogP contribution in [-0.2, 0) is 14.3 Å². The molecule has 9 heteroatoms. The number of aromatic nitrogens is 2. The summed E-state index contributed by atoms with van der Waals surface area (Å²) in [6, 6.07) is 1.56. The van der Waals surface area contributed by atoms with Gasteiger partial charge in [0, 0.05) is 26.7 Å². The number of esters is 1. The number of aliphatic imine (C=N–C) groups is 1. The molecule has 1 N–H and O–H groups in total. The Bertz CT molecular complexity index is 772. The summed E-state index contributed by atoms with van der Waals surface area (Å²) in [6.45, 7) is 7.20. The van der Waals surface area contributed by atoms with Crippen molar-refractivity contribution in [2.75, 3.05) is 14.1 Å². The zero-order chi connectivity index (χ0) is 21.1. The minimum Gasteiger partial charge on any atom is -0.456 e. The molecule has 1 aliphatic rings. The van der Waals surface area contributed by atoms with Gasteiger partial charge in [-0.15, -0.1) is 0 Å². The minimum absolute atomic E-state index is 0.137. The summed E-state index contributed by atoms with van der Waals surface area (Å²) < 4.78 is 12.6. The molecule has 156 valence electrons. The van der Waals surface area contributed by atoms with E-state index in [2.05, 4.69) is 9.98 Å². The van der Waals surface area contributed by atoms with Crippen molar-refractivity contribution in [3.05, 3.63) is 22.7 Å². The van der Waals surface area contributed by atoms with Crippen molar-refractivity contribution < 1.29 is 19.4 Å². The van der Waals surface area contributed by atoms with Crippen molar-refractivity contribution in [1.29, 1.82) is 0 Å². The molecule has 0 bridgehead atoms. The van der Waals surface area contributed by atoms with E-state index in [9.17, 15) is 14.7 Å². The molecule has 4 atom stereocenters. The monoisotopic (exact) mass is 394 g/mol. The molecule has 0 aliphatic carbocycles. The molecule has 2 rings (SSSR count). The van der Waals surface area contributed by atoms with Gasteiger partial charge in [-0.3, -0.25) is 9.36 Å². The fourth-order valence-corrected chi connectivity index (χ4v) is 3.10. The average Bonchev–Trinajstić information content (AvgIpc) is 2.83. The summed E-state index contributed by atoms with van der Waals surface area (Å²) in [6.07, 6.45) is 1.32. The Balaban J connectivity index is 2.28. The Labute approximate surface area is 165 Å². The number of carbonyl (C=O) groups is 1. The lowest BCUT2D eigenvalue weighted by Gasteiger charge is -2.30. The van der Waals surface area contributed by atoms with Crippen LogP contribution in [0.2, 0.25) is 0 Å². The Kier molecular flexibility index (Phi) is 6.95. The van der Waals surface area contributed by atoms with Crippen molar-refractivity contribution in [1.82, 2.24) is 14.5 Å². The van der Waals surface area contributed by atoms with Gasteiger partial charge in [0.2, 0.25) is 0 Å². The Morgan fingerprint density at radius 2 is 2.21 bits per heavy atom. The van der Waals surface area contributed by atoms with Crippen LogP contribution in [0.1, 0.15) is 46.8 Å². The third-order valence-corrected chi connectivity index (χ3v) is 4.44. The van der Waals surface area contributed by atoms with Crippen LogP contribution in [0.25, 0.3) is 0 Å². The number of rotatable bonds is 7. The molecule has 28 heavy (non-hydrogen) atoms. The Morgan fingerprint density at radius 1 is 1.54 bits per heavy atom. The predicted octanol–water partition coefficient (Wildman–Crippen LogP) is 1.48. The maximum atomic E-state index is 12.5. The van der Waals surface area contributed by atoms with E-state index in [1.807, 2.05) is 20.8 Å². The molecule has 9 nitrogen and oxygen atoms in total. The second kappa shape index (κ2) is 8.83. The normalized spacial score (nSPS) is 27.5. The molecule has 1 fully saturated rings. The van der Waals surface area contributed by atoms with Crippen LogP contribution in [0.4, 0.5) is 5.82 Å². The average molecular weight is 394 g/mol. The van der Waals surface area contributed by atoms with Gasteiger partial charge in [0.25, 0.3) is 0 Å². The molecule has 1 saturated heterocycles. The van der Waals surface area contributed by atoms with Gasteiger partial charge in [0.05, 0.1) is 6.34 Å². The maximum Gasteiger partial charge on any atom is 0.351 e. The summed E-state index contributed by atoms with van der Waals surface area (Å²) in [5.41, 5.74) is -2.20. The van der Waals surface area contributed by atoms with E-state index in [4.69, 9.17) is 9.47 Å². The molecule has 0 spiro atoms. The molecule has 0 aromatic carbocycles. The maximum absolute atomic E-state index is 12.5. The van der Waals surface area contributed by atoms with E-state index in [1.165, 1.54) is 24.0 Å². The number of hydrogen-bond acceptors (Lipinski definition) is 7. The second-order valence-corrected chi connectivity index (χ2v) is 7.85. The molecular weight excluding hydrogens is 364 g/mol. The van der Waals surface area contributed by atoms with Gasteiger partial charge in [-0.25, -0.2) is 9.79 Å². The van der Waals surface area contributed by atoms with Gasteiger partial charge in [-0.2, -0.15) is 4.98 Å². The van der Waals surface area contributed by atoms with Gasteiger partial charge in [0.1, 0.15) is 11.7 Å². The highest BCUT2D eigenvalue weighted by Gasteiger charge is 2.55. The number of nitrogens with zero attached hydrogens (tertiary/aromatic N) is 4. The standard InChI is InChI=1S/C19H30N4O5/c1-7-13-16(28-15(24)10-12(2)3)19(4,26)17(27-13)23-9-8-14(21-18(23)25)20-11-22(5)6/h8-9,11-13,16-17,26H,7,10H2,1-6H3/t13-,16?,17-,19?/m1/s1. The van der Waals surface area contributed by atoms with E-state index in [1.54, 1.807) is 25.1 Å². The van der Waals surface area contributed by atoms with Crippen molar-refractivity contribution in [2.45, 2.75) is 64.6 Å². The Morgan fingerprint density at radius 3 is 2.75 bits per heavy atom. The lowest BCUT2D eigenvalue weighted by atomic mass is 9.95. The zero-order valence-electron chi connectivity index (χ0n) is 17.3. The third kappa shape index (κ3) is 4.96. The zero-order valence-corrected chi connectivity index (χ0v) is 17.3. The van der Waals surface area contributed by atoms with Gasteiger partial charge in [-0.1, -0.05) is 20.8 Å². The molecule has 0 saturated carbocycles. The van der Waals surface area contributed by atoms with E-state index >= 15 is 0 Å². The fourth-order valence-electron chi connectivity index (χ4n) is 3.10. The lowest BCUT2D eigenvalue weighted by Crippen LogP contribution is -2.48. The first-order chi connectivity index (χ1) is 13.1. The van der Waals surface area contributed by atoms with Crippen molar-refractivity contribution in [3.8, 4) is 0 Å². The van der Waals surface area contributed by atoms with Crippen molar-refractivity contribution in [2.24, 2.45) is 10.9 Å². The van der Waals surface area contributed by atoms with Gasteiger partial charge >= 0.3 is 11.7 Å². The summed E-state index contributed by atoms with van der Waals surface area (Å²) >= 11 is 0. The van der Waals surface area contributed by atoms with Crippen LogP contribution in [0.3, 0.4) is 0 Å². The van der Waals surface area contributed by atoms with Gasteiger partial charge in [-0.05, 0) is 25.3 Å². The molecule has 1 aromatic rings. The van der Waals surface area contributed by atoms with Crippen LogP contribution in [0.15, 0.2) is 22.1 Å². The highest BCUT2D eigenvalue weighted by Crippen LogP contribution is 2.40. The molecular formula is C19H30N4O5. The Hall–Kier alpha value is -2.26. The first-order valence-electron chi connectivity index (χ1n) is 9.43. The van der Waals surface area contributed by atoms with Crippen LogP contribution in [0, 0.1) is 5.92 Å². The molecule has 0 amide bonds. The second-order valence-electron chi connectivity index (χ2n) is 7.85. The van der Waals surface area contributed by atoms with Crippen molar-refractivity contribution >= 4 is 18.1 Å². The fraction of sp³-hybridized carbons (Fsp3) is 0.684. The first-order valence-corrected chi connectivity index (χ1v) is 9.43. The first kappa shape index (κ1) is 22.0. The SMILES string of the molecule is CC[C@H]1O[C@@H](n2ccc(N=CN(C)C)nc2=O)C(C)(O)C1OC(=O)CC(C)C. The van der Waals surface area contributed by atoms with E-state index in [0.717, 1.165) is 0 Å². The van der Waals surface area contributed by atoms with E-state index < -0.39 is 35.7 Å². The van der Waals surface area contributed by atoms with Crippen molar-refractivity contribution in [3.63, 3.8) is 0 Å². The largest absolute Gasteiger partial charge is 0.456 e. The van der Waals surface area contributed by atoms with Crippen LogP contribution in [0.5, 0.6) is 0 Å². The highest BCUT2D eigenvalue weighted by molar-refractivity contribution is 5.70. The summed E-state index contributed by atoms with van der Waals surface area (Å²) in [5, 5.41) is 11.1. The van der Waals surface area contributed by atoms with Crippen LogP contribution >= 0.6 is 0 Å². The van der Waals surface area contributed by atoms with E-state index in [0.29, 0.717) is 6.42 Å². The van der Waals surface area contributed by atoms with Gasteiger partial charge < -0.3 is 19.5 Å². The highest BCUT2D eigenvalue weighted by atomic mass is 16.6. The quantitative estimate of drug-likeness (QED) is 0.424. The number of carbonyl (C=O) groups excluding carboxylic acids is 1. The number of aliphatic hydroxyl groups is 1. The third-order valence-electron chi connectivity index (χ3n) is 4.44. The minimum atomic E-state index is -1.59. The molecule has 1 aromatic heterocycles. The lowest BCUT2D eigenvalue weighted by molar-refractivity contribution is -0.164. The van der Waals surface area contributed by atoms with Crippen LogP contribution < -0.4 is 5.69 Å². The molecule has 1 aliphatic heterocycles. The topological polar surface area (TPSA) is 106 Å². The number of ether oxygens (including phenoxy) is 2. The molecule has 2 heterocycles. The molecule has 0 radical (unpaired) electrons. The smallest absolute Gasteiger partial charge is 0.351 e. The predicted molar refractivity (Wildman–Crippen MR) is 104 cm³/mol. The van der Waals surface area contributed by atoms with Gasteiger partial charge in [0.15, 0.2) is 18.1 Å². The van der Waals surface area contributed by atoms with Crippen LogP contribution in [-0.4, -0.2) is 63.8 Å².